The fourth-order valence-electron chi connectivity index (χ4n) is 2.05. The smallest absolute Gasteiger partial charge is 0.362 e. The highest BCUT2D eigenvalue weighted by atomic mass is 16.8. The third-order valence-corrected chi connectivity index (χ3v) is 3.36. The van der Waals surface area contributed by atoms with Gasteiger partial charge < -0.3 is 9.47 Å². The molecule has 0 heterocycles. The van der Waals surface area contributed by atoms with Crippen molar-refractivity contribution >= 4 is 18.3 Å². The van der Waals surface area contributed by atoms with Crippen molar-refractivity contribution in [3.63, 3.8) is 0 Å². The molecule has 0 radical (unpaired) electrons. The number of carbonyl (C=O) groups is 1. The van der Waals surface area contributed by atoms with E-state index in [-0.39, 0.29) is 0 Å². The summed E-state index contributed by atoms with van der Waals surface area (Å²) >= 11 is 0. The van der Waals surface area contributed by atoms with Gasteiger partial charge in [0.25, 0.3) is 0 Å². The van der Waals surface area contributed by atoms with Crippen molar-refractivity contribution in [3.05, 3.63) is 104 Å². The first-order valence-corrected chi connectivity index (χ1v) is 8.06. The Labute approximate surface area is 159 Å². The summed E-state index contributed by atoms with van der Waals surface area (Å²) in [6.45, 7) is 0. The van der Waals surface area contributed by atoms with E-state index >= 15 is 0 Å². The van der Waals surface area contributed by atoms with Crippen LogP contribution in [0, 0.1) is 20.2 Å². The Balaban J connectivity index is 2.01. The molecule has 0 spiro atoms. The molecular formula is C19H16N2O7. The summed E-state index contributed by atoms with van der Waals surface area (Å²) in [7, 11) is 0. The van der Waals surface area contributed by atoms with Gasteiger partial charge in [0.15, 0.2) is 0 Å². The molecule has 0 amide bonds. The van der Waals surface area contributed by atoms with E-state index in [9.17, 15) is 25.0 Å². The number of nitrogens with zero attached hydrogens (tertiary/aromatic N) is 2. The first-order chi connectivity index (χ1) is 13.5. The van der Waals surface area contributed by atoms with E-state index in [1.54, 1.807) is 60.7 Å². The molecule has 0 fully saturated rings. The molecule has 9 nitrogen and oxygen atoms in total. The lowest BCUT2D eigenvalue weighted by Crippen LogP contribution is -2.30. The van der Waals surface area contributed by atoms with E-state index in [2.05, 4.69) is 9.47 Å². The van der Waals surface area contributed by atoms with E-state index in [0.29, 0.717) is 11.1 Å². The van der Waals surface area contributed by atoms with Crippen LogP contribution in [0.5, 0.6) is 0 Å². The second kappa shape index (κ2) is 10.2. The van der Waals surface area contributed by atoms with Crippen LogP contribution >= 0.6 is 0 Å². The van der Waals surface area contributed by atoms with Crippen LogP contribution in [0.25, 0.3) is 12.2 Å². The highest BCUT2D eigenvalue weighted by Gasteiger charge is 2.28. The Morgan fingerprint density at radius 3 is 1.43 bits per heavy atom. The number of nitro groups is 2. The van der Waals surface area contributed by atoms with Gasteiger partial charge in [0.05, 0.1) is 9.85 Å². The lowest BCUT2D eigenvalue weighted by atomic mass is 10.2. The number of ether oxygens (including phenoxy) is 2. The highest BCUT2D eigenvalue weighted by Crippen LogP contribution is 2.09. The predicted molar refractivity (Wildman–Crippen MR) is 100 cm³/mol. The fourth-order valence-corrected chi connectivity index (χ4v) is 2.05. The molecule has 0 bridgehead atoms. The average Bonchev–Trinajstić information content (AvgIpc) is 2.69. The van der Waals surface area contributed by atoms with Crippen molar-refractivity contribution in [3.8, 4) is 0 Å². The molecule has 2 aromatic rings. The lowest BCUT2D eigenvalue weighted by Gasteiger charge is -2.09. The van der Waals surface area contributed by atoms with Crippen LogP contribution in [0.2, 0.25) is 0 Å². The van der Waals surface area contributed by atoms with Crippen molar-refractivity contribution in [2.75, 3.05) is 0 Å². The molecule has 28 heavy (non-hydrogen) atoms. The Hall–Kier alpha value is -4.01. The third-order valence-electron chi connectivity index (χ3n) is 3.36. The summed E-state index contributed by atoms with van der Waals surface area (Å²) in [6.07, 6.45) is -0.368. The summed E-state index contributed by atoms with van der Waals surface area (Å²) in [4.78, 5) is 32.2. The van der Waals surface area contributed by atoms with Crippen molar-refractivity contribution in [1.29, 1.82) is 0 Å². The largest absolute Gasteiger partial charge is 0.519 e. The van der Waals surface area contributed by atoms with Crippen LogP contribution in [-0.2, 0) is 9.47 Å². The first kappa shape index (κ1) is 20.3. The Bertz CT molecular complexity index is 795. The Morgan fingerprint density at radius 1 is 0.750 bits per heavy atom. The minimum atomic E-state index is -1.85. The van der Waals surface area contributed by atoms with Gasteiger partial charge in [-0.2, -0.15) is 0 Å². The molecule has 144 valence electrons. The lowest BCUT2D eigenvalue weighted by molar-refractivity contribution is -0.565. The Kier molecular flexibility index (Phi) is 7.41. The van der Waals surface area contributed by atoms with E-state index in [1.165, 1.54) is 12.2 Å². The molecule has 2 unspecified atom stereocenters. The molecule has 2 rings (SSSR count). The summed E-state index contributed by atoms with van der Waals surface area (Å²) in [5.74, 6) is 0. The van der Waals surface area contributed by atoms with E-state index in [0.717, 1.165) is 12.2 Å². The van der Waals surface area contributed by atoms with Gasteiger partial charge in [-0.15, -0.1) is 0 Å². The summed E-state index contributed by atoms with van der Waals surface area (Å²) in [5, 5.41) is 22.1. The predicted octanol–water partition coefficient (Wildman–Crippen LogP) is 3.77. The monoisotopic (exact) mass is 384 g/mol. The molecule has 0 saturated carbocycles. The molecule has 0 aromatic heterocycles. The standard InChI is InChI=1S/C19H16N2O7/c22-19(27-17(20(23)24)13-11-15-7-3-1-4-8-15)28-18(21(25)26)14-12-16-9-5-2-6-10-16/h1-14,17-18H/b13-11+,14-12+. The molecular weight excluding hydrogens is 368 g/mol. The summed E-state index contributed by atoms with van der Waals surface area (Å²) in [6, 6.07) is 17.3. The van der Waals surface area contributed by atoms with Gasteiger partial charge in [-0.3, -0.25) is 20.2 Å². The first-order valence-electron chi connectivity index (χ1n) is 8.06. The fraction of sp³-hybridized carbons (Fsp3) is 0.105. The van der Waals surface area contributed by atoms with Crippen LogP contribution in [0.1, 0.15) is 11.1 Å². The zero-order valence-corrected chi connectivity index (χ0v) is 14.5. The third kappa shape index (κ3) is 6.71. The minimum absolute atomic E-state index is 0.653. The second-order valence-electron chi connectivity index (χ2n) is 5.38. The van der Waals surface area contributed by atoms with Gasteiger partial charge in [-0.1, -0.05) is 60.7 Å². The van der Waals surface area contributed by atoms with Gasteiger partial charge >= 0.3 is 18.6 Å². The topological polar surface area (TPSA) is 122 Å². The van der Waals surface area contributed by atoms with Crippen LogP contribution in [0.15, 0.2) is 72.8 Å². The minimum Gasteiger partial charge on any atom is -0.362 e. The van der Waals surface area contributed by atoms with Crippen LogP contribution in [0.3, 0.4) is 0 Å². The van der Waals surface area contributed by atoms with Crippen molar-refractivity contribution in [2.45, 2.75) is 12.5 Å². The molecule has 0 saturated heterocycles. The van der Waals surface area contributed by atoms with Gasteiger partial charge in [-0.05, 0) is 23.3 Å². The van der Waals surface area contributed by atoms with Crippen LogP contribution in [-0.4, -0.2) is 28.5 Å². The van der Waals surface area contributed by atoms with Gasteiger partial charge in [0, 0.05) is 12.2 Å². The quantitative estimate of drug-likeness (QED) is 0.294. The number of rotatable bonds is 8. The van der Waals surface area contributed by atoms with Crippen molar-refractivity contribution < 1.29 is 24.1 Å². The normalized spacial score (nSPS) is 13.1. The molecule has 9 heteroatoms. The zero-order chi connectivity index (χ0) is 20.4. The molecule has 0 aliphatic carbocycles. The molecule has 0 aliphatic heterocycles. The SMILES string of the molecule is O=C(OC(/C=C/c1ccccc1)[N+](=O)[O-])OC(/C=C/c1ccccc1)[N+](=O)[O-]. The second-order valence-corrected chi connectivity index (χ2v) is 5.38. The summed E-state index contributed by atoms with van der Waals surface area (Å²) < 4.78 is 9.16. The highest BCUT2D eigenvalue weighted by molar-refractivity contribution is 5.61. The molecule has 2 aromatic carbocycles. The van der Waals surface area contributed by atoms with E-state index in [4.69, 9.17) is 0 Å². The maximum atomic E-state index is 11.8. The Morgan fingerprint density at radius 2 is 1.11 bits per heavy atom. The van der Waals surface area contributed by atoms with E-state index < -0.39 is 28.5 Å². The number of hydrogen-bond acceptors (Lipinski definition) is 7. The van der Waals surface area contributed by atoms with Crippen LogP contribution < -0.4 is 0 Å². The molecule has 2 atom stereocenters. The van der Waals surface area contributed by atoms with Gasteiger partial charge in [0.2, 0.25) is 0 Å². The average molecular weight is 384 g/mol. The molecule has 0 aliphatic rings. The number of benzene rings is 2. The maximum absolute atomic E-state index is 11.8. The van der Waals surface area contributed by atoms with Crippen LogP contribution in [0.4, 0.5) is 4.79 Å². The van der Waals surface area contributed by atoms with Gasteiger partial charge in [-0.25, -0.2) is 4.79 Å². The number of carbonyl (C=O) groups excluding carboxylic acids is 1. The van der Waals surface area contributed by atoms with Crippen molar-refractivity contribution in [2.24, 2.45) is 0 Å². The molecule has 0 N–H and O–H groups in total. The maximum Gasteiger partial charge on any atom is 0.519 e. The summed E-state index contributed by atoms with van der Waals surface area (Å²) in [5.41, 5.74) is 1.31. The van der Waals surface area contributed by atoms with E-state index in [1.807, 2.05) is 0 Å². The zero-order valence-electron chi connectivity index (χ0n) is 14.5. The van der Waals surface area contributed by atoms with Crippen molar-refractivity contribution in [1.82, 2.24) is 0 Å². The van der Waals surface area contributed by atoms with Gasteiger partial charge in [0.1, 0.15) is 0 Å². The number of hydrogen-bond donors (Lipinski definition) is 0.